The highest BCUT2D eigenvalue weighted by Gasteiger charge is 2.20. The predicted molar refractivity (Wildman–Crippen MR) is 82.4 cm³/mol. The smallest absolute Gasteiger partial charge is 0.313 e. The van der Waals surface area contributed by atoms with Gasteiger partial charge in [0.1, 0.15) is 0 Å². The van der Waals surface area contributed by atoms with Crippen LogP contribution in [0, 0.1) is 17.0 Å². The molecule has 0 aliphatic heterocycles. The molecule has 1 atom stereocenters. The zero-order valence-electron chi connectivity index (χ0n) is 11.5. The van der Waals surface area contributed by atoms with Gasteiger partial charge in [0.05, 0.1) is 4.92 Å². The highest BCUT2D eigenvalue weighted by atomic mass is 79.9. The molecule has 110 valence electrons. The van der Waals surface area contributed by atoms with Crippen molar-refractivity contribution in [3.63, 3.8) is 0 Å². The average molecular weight is 352 g/mol. The second kappa shape index (κ2) is 6.19. The fourth-order valence-electron chi connectivity index (χ4n) is 1.81. The molecule has 0 aliphatic carbocycles. The van der Waals surface area contributed by atoms with Gasteiger partial charge in [0, 0.05) is 34.4 Å². The molecule has 0 fully saturated rings. The molecule has 2 N–H and O–H groups in total. The summed E-state index contributed by atoms with van der Waals surface area (Å²) in [5.74, 6) is 0.470. The minimum absolute atomic E-state index is 0.111. The van der Waals surface area contributed by atoms with Crippen LogP contribution < -0.4 is 10.5 Å². The monoisotopic (exact) mass is 351 g/mol. The maximum Gasteiger partial charge on any atom is 0.313 e. The van der Waals surface area contributed by atoms with E-state index in [4.69, 9.17) is 10.5 Å². The van der Waals surface area contributed by atoms with E-state index in [1.54, 1.807) is 31.3 Å². The number of ether oxygens (including phenoxy) is 1. The van der Waals surface area contributed by atoms with Gasteiger partial charge in [-0.25, -0.2) is 4.98 Å². The van der Waals surface area contributed by atoms with E-state index in [1.807, 2.05) is 6.92 Å². The first-order valence-electron chi connectivity index (χ1n) is 6.22. The van der Waals surface area contributed by atoms with E-state index in [-0.39, 0.29) is 23.4 Å². The third-order valence-corrected chi connectivity index (χ3v) is 3.37. The number of benzene rings is 1. The largest absolute Gasteiger partial charge is 0.432 e. The summed E-state index contributed by atoms with van der Waals surface area (Å²) < 4.78 is 6.20. The molecule has 0 radical (unpaired) electrons. The quantitative estimate of drug-likeness (QED) is 0.666. The fraction of sp³-hybridized carbons (Fsp3) is 0.214. The second-order valence-corrected chi connectivity index (χ2v) is 5.56. The number of nitrogens with two attached hydrogens (primary N) is 1. The Balaban J connectivity index is 2.37. The Kier molecular flexibility index (Phi) is 4.54. The van der Waals surface area contributed by atoms with Crippen LogP contribution in [-0.4, -0.2) is 9.91 Å². The summed E-state index contributed by atoms with van der Waals surface area (Å²) in [7, 11) is 0. The number of hydrogen-bond acceptors (Lipinski definition) is 5. The van der Waals surface area contributed by atoms with E-state index >= 15 is 0 Å². The van der Waals surface area contributed by atoms with Crippen molar-refractivity contribution < 1.29 is 9.66 Å². The van der Waals surface area contributed by atoms with Crippen molar-refractivity contribution >= 4 is 21.6 Å². The Morgan fingerprint density at radius 2 is 2.14 bits per heavy atom. The minimum Gasteiger partial charge on any atom is -0.432 e. The first-order chi connectivity index (χ1) is 9.88. The summed E-state index contributed by atoms with van der Waals surface area (Å²) in [6, 6.07) is 6.45. The van der Waals surface area contributed by atoms with Crippen LogP contribution in [0.25, 0.3) is 0 Å². The van der Waals surface area contributed by atoms with E-state index < -0.39 is 4.92 Å². The number of rotatable bonds is 4. The van der Waals surface area contributed by atoms with Crippen LogP contribution in [0.5, 0.6) is 11.6 Å². The molecule has 1 aromatic heterocycles. The van der Waals surface area contributed by atoms with E-state index in [0.717, 1.165) is 5.56 Å². The molecule has 0 amide bonds. The molecule has 0 bridgehead atoms. The van der Waals surface area contributed by atoms with Crippen molar-refractivity contribution in [1.82, 2.24) is 4.98 Å². The molecule has 1 unspecified atom stereocenters. The van der Waals surface area contributed by atoms with E-state index in [1.165, 1.54) is 6.07 Å². The molecule has 7 heteroatoms. The lowest BCUT2D eigenvalue weighted by atomic mass is 10.1. The van der Waals surface area contributed by atoms with Crippen LogP contribution >= 0.6 is 15.9 Å². The summed E-state index contributed by atoms with van der Waals surface area (Å²) >= 11 is 3.24. The summed E-state index contributed by atoms with van der Waals surface area (Å²) in [5, 5.41) is 11.1. The Labute approximate surface area is 130 Å². The number of aromatic nitrogens is 1. The molecule has 1 aromatic carbocycles. The molecule has 0 aliphatic rings. The summed E-state index contributed by atoms with van der Waals surface area (Å²) in [5.41, 5.74) is 7.15. The second-order valence-electron chi connectivity index (χ2n) is 4.65. The third-order valence-electron chi connectivity index (χ3n) is 2.91. The number of hydrogen-bond donors (Lipinski definition) is 1. The molecule has 1 heterocycles. The van der Waals surface area contributed by atoms with Crippen molar-refractivity contribution in [2.75, 3.05) is 0 Å². The summed E-state index contributed by atoms with van der Waals surface area (Å²) in [6.45, 7) is 3.59. The van der Waals surface area contributed by atoms with Crippen molar-refractivity contribution in [1.29, 1.82) is 0 Å². The number of aryl methyl sites for hydroxylation is 1. The molecule has 2 aromatic rings. The van der Waals surface area contributed by atoms with Crippen LogP contribution in [0.2, 0.25) is 0 Å². The van der Waals surface area contributed by atoms with Crippen molar-refractivity contribution in [3.05, 3.63) is 56.2 Å². The number of nitrogens with zero attached hydrogens (tertiary/aromatic N) is 2. The van der Waals surface area contributed by atoms with Gasteiger partial charge in [-0.15, -0.1) is 0 Å². The lowest BCUT2D eigenvalue weighted by Gasteiger charge is -2.10. The van der Waals surface area contributed by atoms with Gasteiger partial charge in [-0.3, -0.25) is 10.1 Å². The highest BCUT2D eigenvalue weighted by Crippen LogP contribution is 2.36. The van der Waals surface area contributed by atoms with Gasteiger partial charge in [0.25, 0.3) is 0 Å². The van der Waals surface area contributed by atoms with Gasteiger partial charge in [-0.05, 0) is 25.5 Å². The average Bonchev–Trinajstić information content (AvgIpc) is 2.41. The van der Waals surface area contributed by atoms with Crippen LogP contribution in [-0.2, 0) is 0 Å². The zero-order chi connectivity index (χ0) is 15.6. The van der Waals surface area contributed by atoms with E-state index in [9.17, 15) is 10.1 Å². The molecular weight excluding hydrogens is 338 g/mol. The first kappa shape index (κ1) is 15.4. The van der Waals surface area contributed by atoms with Gasteiger partial charge < -0.3 is 10.5 Å². The van der Waals surface area contributed by atoms with E-state index in [2.05, 4.69) is 20.9 Å². The maximum atomic E-state index is 11.1. The topological polar surface area (TPSA) is 91.3 Å². The van der Waals surface area contributed by atoms with Gasteiger partial charge in [-0.2, -0.15) is 0 Å². The van der Waals surface area contributed by atoms with Crippen LogP contribution in [0.4, 0.5) is 5.69 Å². The number of halogens is 1. The minimum atomic E-state index is -0.483. The van der Waals surface area contributed by atoms with Crippen molar-refractivity contribution in [2.24, 2.45) is 5.73 Å². The third kappa shape index (κ3) is 3.56. The summed E-state index contributed by atoms with van der Waals surface area (Å²) in [6.07, 6.45) is 1.60. The van der Waals surface area contributed by atoms with Gasteiger partial charge in [-0.1, -0.05) is 22.0 Å². The van der Waals surface area contributed by atoms with Crippen LogP contribution in [0.1, 0.15) is 24.1 Å². The van der Waals surface area contributed by atoms with Crippen molar-refractivity contribution in [3.8, 4) is 11.6 Å². The van der Waals surface area contributed by atoms with Crippen molar-refractivity contribution in [2.45, 2.75) is 19.9 Å². The molecule has 2 rings (SSSR count). The molecule has 0 saturated heterocycles. The predicted octanol–water partition coefficient (Wildman–Crippen LogP) is 3.87. The molecule has 6 nitrogen and oxygen atoms in total. The number of nitro groups is 1. The molecular formula is C14H14BrN3O3. The fourth-order valence-corrected chi connectivity index (χ4v) is 2.37. The number of nitro benzene ring substituents is 1. The lowest BCUT2D eigenvalue weighted by Crippen LogP contribution is -2.05. The lowest BCUT2D eigenvalue weighted by molar-refractivity contribution is -0.385. The zero-order valence-corrected chi connectivity index (χ0v) is 13.1. The van der Waals surface area contributed by atoms with Gasteiger partial charge >= 0.3 is 5.69 Å². The molecule has 0 saturated carbocycles. The highest BCUT2D eigenvalue weighted by molar-refractivity contribution is 9.10. The van der Waals surface area contributed by atoms with Crippen LogP contribution in [0.3, 0.4) is 0 Å². The van der Waals surface area contributed by atoms with E-state index in [0.29, 0.717) is 10.0 Å². The SMILES string of the molecule is Cc1cc(Br)cc([N+](=O)[O-])c1Oc1ccc(C(C)N)cn1. The molecule has 21 heavy (non-hydrogen) atoms. The maximum absolute atomic E-state index is 11.1. The normalized spacial score (nSPS) is 12.0. The van der Waals surface area contributed by atoms with Gasteiger partial charge in [0.15, 0.2) is 0 Å². The Bertz CT molecular complexity index is 672. The summed E-state index contributed by atoms with van der Waals surface area (Å²) in [4.78, 5) is 14.8. The Morgan fingerprint density at radius 3 is 2.67 bits per heavy atom. The number of pyridine rings is 1. The van der Waals surface area contributed by atoms with Crippen LogP contribution in [0.15, 0.2) is 34.9 Å². The molecule has 0 spiro atoms. The Morgan fingerprint density at radius 1 is 1.43 bits per heavy atom. The Hall–Kier alpha value is -1.99. The van der Waals surface area contributed by atoms with Gasteiger partial charge in [0.2, 0.25) is 11.6 Å². The first-order valence-corrected chi connectivity index (χ1v) is 7.01. The standard InChI is InChI=1S/C14H14BrN3O3/c1-8-5-11(15)6-12(18(19)20)14(8)21-13-4-3-10(7-17-13)9(2)16/h3-7,9H,16H2,1-2H3.